The van der Waals surface area contributed by atoms with Crippen LogP contribution in [0.4, 0.5) is 0 Å². The Labute approximate surface area is 176 Å². The average Bonchev–Trinajstić information content (AvgIpc) is 2.78. The highest BCUT2D eigenvalue weighted by Crippen LogP contribution is 2.40. The maximum Gasteiger partial charge on any atom is 0.142 e. The minimum atomic E-state index is 0.631. The summed E-state index contributed by atoms with van der Waals surface area (Å²) in [5.74, 6) is 4.16. The van der Waals surface area contributed by atoms with Crippen LogP contribution in [0.5, 0.6) is 34.5 Å². The number of rotatable bonds is 7. The van der Waals surface area contributed by atoms with Crippen LogP contribution in [0.2, 0.25) is 0 Å². The van der Waals surface area contributed by atoms with Crippen LogP contribution in [-0.4, -0.2) is 0 Å². The van der Waals surface area contributed by atoms with Gasteiger partial charge in [-0.05, 0) is 43.3 Å². The number of hydrogen-bond donors (Lipinski definition) is 0. The summed E-state index contributed by atoms with van der Waals surface area (Å²) in [7, 11) is 0. The van der Waals surface area contributed by atoms with Crippen molar-refractivity contribution in [2.24, 2.45) is 0 Å². The second-order valence-corrected chi connectivity index (χ2v) is 6.58. The van der Waals surface area contributed by atoms with Crippen LogP contribution in [0.15, 0.2) is 109 Å². The lowest BCUT2D eigenvalue weighted by Gasteiger charge is -2.17. The summed E-state index contributed by atoms with van der Waals surface area (Å²) in [5.41, 5.74) is 0.839. The standard InChI is InChI=1S/C27H22O3/c1-2-12-25-26(29-22-15-8-4-9-16-22)19-24(28-21-13-6-3-7-14-21)20-27(25)30-23-17-10-5-11-18-23/h2-20H,1H3. The second-order valence-electron chi connectivity index (χ2n) is 6.58. The Morgan fingerprint density at radius 3 is 1.30 bits per heavy atom. The highest BCUT2D eigenvalue weighted by atomic mass is 16.5. The van der Waals surface area contributed by atoms with Gasteiger partial charge in [0.05, 0.1) is 5.56 Å². The van der Waals surface area contributed by atoms with E-state index in [1.165, 1.54) is 0 Å². The van der Waals surface area contributed by atoms with E-state index in [9.17, 15) is 0 Å². The first-order valence-corrected chi connectivity index (χ1v) is 9.81. The minimum Gasteiger partial charge on any atom is -0.457 e. The number of benzene rings is 4. The number of allylic oxidation sites excluding steroid dienone is 1. The van der Waals surface area contributed by atoms with Crippen molar-refractivity contribution in [1.29, 1.82) is 0 Å². The molecule has 30 heavy (non-hydrogen) atoms. The van der Waals surface area contributed by atoms with E-state index in [1.807, 2.05) is 122 Å². The predicted octanol–water partition coefficient (Wildman–Crippen LogP) is 8.10. The minimum absolute atomic E-state index is 0.631. The van der Waals surface area contributed by atoms with E-state index in [1.54, 1.807) is 0 Å². The molecule has 0 radical (unpaired) electrons. The van der Waals surface area contributed by atoms with Gasteiger partial charge < -0.3 is 14.2 Å². The lowest BCUT2D eigenvalue weighted by Crippen LogP contribution is -1.95. The summed E-state index contributed by atoms with van der Waals surface area (Å²) < 4.78 is 18.5. The first kappa shape index (κ1) is 19.3. The SMILES string of the molecule is CC=Cc1c(Oc2ccccc2)cc(Oc2ccccc2)cc1Oc1ccccc1. The molecule has 0 amide bonds. The molecule has 0 atom stereocenters. The maximum atomic E-state index is 6.21. The molecule has 4 rings (SSSR count). The smallest absolute Gasteiger partial charge is 0.142 e. The zero-order valence-electron chi connectivity index (χ0n) is 16.7. The van der Waals surface area contributed by atoms with Gasteiger partial charge in [-0.2, -0.15) is 0 Å². The first-order chi connectivity index (χ1) is 14.8. The van der Waals surface area contributed by atoms with E-state index in [0.717, 1.165) is 22.8 Å². The molecule has 0 aliphatic heterocycles. The van der Waals surface area contributed by atoms with Crippen LogP contribution in [0.25, 0.3) is 6.08 Å². The summed E-state index contributed by atoms with van der Waals surface area (Å²) in [5, 5.41) is 0. The Hall–Kier alpha value is -3.98. The molecular formula is C27H22O3. The van der Waals surface area contributed by atoms with E-state index >= 15 is 0 Å². The van der Waals surface area contributed by atoms with Gasteiger partial charge in [0.1, 0.15) is 34.5 Å². The normalized spacial score (nSPS) is 10.7. The molecule has 0 bridgehead atoms. The van der Waals surface area contributed by atoms with Crippen molar-refractivity contribution in [1.82, 2.24) is 0 Å². The Morgan fingerprint density at radius 1 is 0.500 bits per heavy atom. The maximum absolute atomic E-state index is 6.21. The Kier molecular flexibility index (Phi) is 6.11. The number of hydrogen-bond acceptors (Lipinski definition) is 3. The molecule has 0 aromatic heterocycles. The summed E-state index contributed by atoms with van der Waals surface area (Å²) in [6.45, 7) is 1.97. The Morgan fingerprint density at radius 2 is 0.900 bits per heavy atom. The molecule has 0 aliphatic carbocycles. The molecule has 0 saturated carbocycles. The Bertz CT molecular complexity index is 1040. The summed E-state index contributed by atoms with van der Waals surface area (Å²) in [6, 6.07) is 32.8. The fraction of sp³-hybridized carbons (Fsp3) is 0.0370. The van der Waals surface area contributed by atoms with Crippen molar-refractivity contribution in [3.05, 3.63) is 115 Å². The highest BCUT2D eigenvalue weighted by molar-refractivity contribution is 5.68. The van der Waals surface area contributed by atoms with Crippen LogP contribution in [0.1, 0.15) is 12.5 Å². The predicted molar refractivity (Wildman–Crippen MR) is 121 cm³/mol. The zero-order chi connectivity index (χ0) is 20.6. The van der Waals surface area contributed by atoms with Gasteiger partial charge in [0.25, 0.3) is 0 Å². The number of ether oxygens (including phenoxy) is 3. The molecule has 0 aliphatic rings. The van der Waals surface area contributed by atoms with Gasteiger partial charge in [-0.25, -0.2) is 0 Å². The van der Waals surface area contributed by atoms with Crippen LogP contribution < -0.4 is 14.2 Å². The molecule has 0 spiro atoms. The largest absolute Gasteiger partial charge is 0.457 e. The first-order valence-electron chi connectivity index (χ1n) is 9.81. The van der Waals surface area contributed by atoms with Crippen LogP contribution >= 0.6 is 0 Å². The molecule has 0 fully saturated rings. The second kappa shape index (κ2) is 9.48. The van der Waals surface area contributed by atoms with E-state index in [2.05, 4.69) is 0 Å². The molecule has 4 aromatic carbocycles. The van der Waals surface area contributed by atoms with Gasteiger partial charge in [-0.3, -0.25) is 0 Å². The van der Waals surface area contributed by atoms with Gasteiger partial charge >= 0.3 is 0 Å². The molecule has 3 heteroatoms. The highest BCUT2D eigenvalue weighted by Gasteiger charge is 2.15. The van der Waals surface area contributed by atoms with Crippen molar-refractivity contribution in [2.75, 3.05) is 0 Å². The van der Waals surface area contributed by atoms with Gasteiger partial charge in [0.2, 0.25) is 0 Å². The zero-order valence-corrected chi connectivity index (χ0v) is 16.7. The summed E-state index contributed by atoms with van der Waals surface area (Å²) >= 11 is 0. The molecule has 0 N–H and O–H groups in total. The topological polar surface area (TPSA) is 27.7 Å². The monoisotopic (exact) mass is 394 g/mol. The third-order valence-corrected chi connectivity index (χ3v) is 4.33. The van der Waals surface area contributed by atoms with E-state index in [0.29, 0.717) is 17.2 Å². The van der Waals surface area contributed by atoms with Crippen LogP contribution in [0.3, 0.4) is 0 Å². The third-order valence-electron chi connectivity index (χ3n) is 4.33. The van der Waals surface area contributed by atoms with Crippen LogP contribution in [-0.2, 0) is 0 Å². The van der Waals surface area contributed by atoms with Crippen molar-refractivity contribution in [3.8, 4) is 34.5 Å². The molecule has 3 nitrogen and oxygen atoms in total. The van der Waals surface area contributed by atoms with Crippen molar-refractivity contribution >= 4 is 6.08 Å². The fourth-order valence-electron chi connectivity index (χ4n) is 2.99. The molecule has 4 aromatic rings. The van der Waals surface area contributed by atoms with Crippen molar-refractivity contribution < 1.29 is 14.2 Å². The quantitative estimate of drug-likeness (QED) is 0.317. The number of para-hydroxylation sites is 3. The third kappa shape index (κ3) is 4.89. The summed E-state index contributed by atoms with van der Waals surface area (Å²) in [6.07, 6.45) is 3.94. The van der Waals surface area contributed by atoms with E-state index in [4.69, 9.17) is 14.2 Å². The van der Waals surface area contributed by atoms with E-state index in [-0.39, 0.29) is 0 Å². The molecule has 0 saturated heterocycles. The summed E-state index contributed by atoms with van der Waals surface area (Å²) in [4.78, 5) is 0. The van der Waals surface area contributed by atoms with Gasteiger partial charge in [-0.1, -0.05) is 66.7 Å². The van der Waals surface area contributed by atoms with Crippen molar-refractivity contribution in [3.63, 3.8) is 0 Å². The van der Waals surface area contributed by atoms with Crippen LogP contribution in [0, 0.1) is 0 Å². The van der Waals surface area contributed by atoms with E-state index < -0.39 is 0 Å². The molecule has 148 valence electrons. The molecule has 0 unspecified atom stereocenters. The van der Waals surface area contributed by atoms with Gasteiger partial charge in [-0.15, -0.1) is 0 Å². The van der Waals surface area contributed by atoms with Gasteiger partial charge in [0, 0.05) is 12.1 Å². The lowest BCUT2D eigenvalue weighted by molar-refractivity contribution is 0.438. The fourth-order valence-corrected chi connectivity index (χ4v) is 2.99. The average molecular weight is 394 g/mol. The van der Waals surface area contributed by atoms with Crippen molar-refractivity contribution in [2.45, 2.75) is 6.92 Å². The lowest BCUT2D eigenvalue weighted by atomic mass is 10.1. The molecule has 0 heterocycles. The molecular weight excluding hydrogens is 372 g/mol. The van der Waals surface area contributed by atoms with Gasteiger partial charge in [0.15, 0.2) is 0 Å². The Balaban J connectivity index is 1.78.